The first-order valence-electron chi connectivity index (χ1n) is 9.88. The third-order valence-corrected chi connectivity index (χ3v) is 6.11. The lowest BCUT2D eigenvalue weighted by atomic mass is 10.1. The summed E-state index contributed by atoms with van der Waals surface area (Å²) >= 11 is 1.88. The minimum atomic E-state index is -4.64. The van der Waals surface area contributed by atoms with E-state index < -0.39 is 6.36 Å². The van der Waals surface area contributed by atoms with Gasteiger partial charge < -0.3 is 20.7 Å². The van der Waals surface area contributed by atoms with Gasteiger partial charge in [0, 0.05) is 28.1 Å². The highest BCUT2D eigenvalue weighted by atomic mass is 32.2. The molecule has 2 aliphatic heterocycles. The summed E-state index contributed by atoms with van der Waals surface area (Å²) in [5.41, 5.74) is 8.37. The van der Waals surface area contributed by atoms with Crippen LogP contribution in [-0.2, 0) is 0 Å². The first-order valence-corrected chi connectivity index (χ1v) is 10.7. The van der Waals surface area contributed by atoms with Crippen molar-refractivity contribution in [2.24, 2.45) is 0 Å². The summed E-state index contributed by atoms with van der Waals surface area (Å²) in [7, 11) is 0. The predicted octanol–water partition coefficient (Wildman–Crippen LogP) is 5.82. The lowest BCUT2D eigenvalue weighted by molar-refractivity contribution is -0.274. The number of hydrogen-bond donors (Lipinski definition) is 2. The first kappa shape index (κ1) is 21.4. The number of nitrogen functional groups attached to an aromatic ring is 1. The number of nitrogens with two attached hydrogens (primary N) is 1. The number of halogens is 3. The first-order chi connectivity index (χ1) is 14.9. The molecule has 1 saturated heterocycles. The predicted molar refractivity (Wildman–Crippen MR) is 118 cm³/mol. The standard InChI is InChI=1S/C16H16N2S.C7H6F3NO/c1-3-7-15-13(5-1)18(12-9-10-17-11-12)14-6-2-4-8-16(14)19-15;8-7(9,10)12-6-3-1-5(11)2-4-6/h1-8,12,17H,9-11H2;1-4H,11H2. The molecule has 5 rings (SSSR count). The average Bonchev–Trinajstić information content (AvgIpc) is 3.27. The number of benzene rings is 3. The van der Waals surface area contributed by atoms with Gasteiger partial charge in [-0.25, -0.2) is 0 Å². The molecule has 1 fully saturated rings. The Morgan fingerprint density at radius 3 is 2.00 bits per heavy atom. The molecule has 3 aromatic rings. The molecule has 0 saturated carbocycles. The van der Waals surface area contributed by atoms with Gasteiger partial charge in [-0.3, -0.25) is 0 Å². The van der Waals surface area contributed by atoms with Crippen molar-refractivity contribution in [1.82, 2.24) is 5.32 Å². The van der Waals surface area contributed by atoms with E-state index in [0.29, 0.717) is 11.7 Å². The molecule has 1 atom stereocenters. The van der Waals surface area contributed by atoms with E-state index in [1.54, 1.807) is 0 Å². The highest BCUT2D eigenvalue weighted by molar-refractivity contribution is 7.99. The Morgan fingerprint density at radius 2 is 1.48 bits per heavy atom. The summed E-state index contributed by atoms with van der Waals surface area (Å²) in [6.45, 7) is 2.20. The molecule has 2 aliphatic rings. The molecule has 0 spiro atoms. The normalized spacial score (nSPS) is 17.3. The van der Waals surface area contributed by atoms with Crippen molar-refractivity contribution >= 4 is 28.8 Å². The largest absolute Gasteiger partial charge is 0.573 e. The second-order valence-corrected chi connectivity index (χ2v) is 8.25. The summed E-state index contributed by atoms with van der Waals surface area (Å²) in [5.74, 6) is -0.267. The van der Waals surface area contributed by atoms with E-state index in [0.717, 1.165) is 25.2 Å². The topological polar surface area (TPSA) is 50.5 Å². The maximum atomic E-state index is 11.6. The molecule has 31 heavy (non-hydrogen) atoms. The fourth-order valence-electron chi connectivity index (χ4n) is 3.66. The van der Waals surface area contributed by atoms with E-state index in [-0.39, 0.29) is 5.75 Å². The zero-order chi connectivity index (χ0) is 21.8. The van der Waals surface area contributed by atoms with Gasteiger partial charge in [0.25, 0.3) is 0 Å². The highest BCUT2D eigenvalue weighted by Crippen LogP contribution is 2.49. The minimum absolute atomic E-state index is 0.267. The summed E-state index contributed by atoms with van der Waals surface area (Å²) in [6.07, 6.45) is -3.43. The Kier molecular flexibility index (Phi) is 6.29. The molecule has 0 aromatic heterocycles. The van der Waals surface area contributed by atoms with Crippen LogP contribution in [0.5, 0.6) is 5.75 Å². The Bertz CT molecular complexity index is 976. The third kappa shape index (κ3) is 5.26. The van der Waals surface area contributed by atoms with Crippen LogP contribution in [0.4, 0.5) is 30.2 Å². The summed E-state index contributed by atoms with van der Waals surface area (Å²) in [6, 6.07) is 23.0. The van der Waals surface area contributed by atoms with Gasteiger partial charge in [-0.15, -0.1) is 13.2 Å². The highest BCUT2D eigenvalue weighted by Gasteiger charge is 2.31. The van der Waals surface area contributed by atoms with E-state index in [2.05, 4.69) is 63.5 Å². The Balaban J connectivity index is 0.000000168. The summed E-state index contributed by atoms with van der Waals surface area (Å²) in [5, 5.41) is 3.48. The van der Waals surface area contributed by atoms with Gasteiger partial charge in [0.05, 0.1) is 11.4 Å². The second kappa shape index (κ2) is 9.11. The molecule has 0 bridgehead atoms. The molecular weight excluding hydrogens is 423 g/mol. The summed E-state index contributed by atoms with van der Waals surface area (Å²) < 4.78 is 38.4. The number of para-hydroxylation sites is 2. The van der Waals surface area contributed by atoms with E-state index in [9.17, 15) is 13.2 Å². The SMILES string of the molecule is Nc1ccc(OC(F)(F)F)cc1.c1ccc2c(c1)Sc1ccccc1N2C1CCNC1. The number of nitrogens with zero attached hydrogens (tertiary/aromatic N) is 1. The van der Waals surface area contributed by atoms with Gasteiger partial charge in [-0.05, 0) is 61.5 Å². The number of fused-ring (bicyclic) bond motifs is 2. The van der Waals surface area contributed by atoms with Crippen LogP contribution < -0.4 is 20.7 Å². The van der Waals surface area contributed by atoms with Crippen molar-refractivity contribution in [2.75, 3.05) is 23.7 Å². The van der Waals surface area contributed by atoms with Crippen LogP contribution in [0.15, 0.2) is 82.6 Å². The Labute approximate surface area is 183 Å². The molecule has 8 heteroatoms. The number of rotatable bonds is 2. The molecule has 4 nitrogen and oxygen atoms in total. The van der Waals surface area contributed by atoms with Gasteiger partial charge in [-0.2, -0.15) is 0 Å². The van der Waals surface area contributed by atoms with Gasteiger partial charge in [-0.1, -0.05) is 36.0 Å². The van der Waals surface area contributed by atoms with Crippen LogP contribution in [0.3, 0.4) is 0 Å². The van der Waals surface area contributed by atoms with Crippen LogP contribution in [0.25, 0.3) is 0 Å². The smallest absolute Gasteiger partial charge is 0.406 e. The number of alkyl halides is 3. The number of anilines is 3. The van der Waals surface area contributed by atoms with Gasteiger partial charge >= 0.3 is 6.36 Å². The third-order valence-electron chi connectivity index (χ3n) is 4.98. The quantitative estimate of drug-likeness (QED) is 0.487. The zero-order valence-electron chi connectivity index (χ0n) is 16.6. The molecular formula is C23H22F3N3OS. The van der Waals surface area contributed by atoms with Crippen LogP contribution in [0, 0.1) is 0 Å². The van der Waals surface area contributed by atoms with Crippen molar-refractivity contribution in [2.45, 2.75) is 28.6 Å². The van der Waals surface area contributed by atoms with E-state index >= 15 is 0 Å². The lowest BCUT2D eigenvalue weighted by Gasteiger charge is -2.36. The van der Waals surface area contributed by atoms with E-state index in [1.807, 2.05) is 11.8 Å². The average molecular weight is 446 g/mol. The van der Waals surface area contributed by atoms with Crippen LogP contribution >= 0.6 is 11.8 Å². The van der Waals surface area contributed by atoms with Crippen molar-refractivity contribution in [3.05, 3.63) is 72.8 Å². The molecule has 3 N–H and O–H groups in total. The van der Waals surface area contributed by atoms with E-state index in [1.165, 1.54) is 39.7 Å². The zero-order valence-corrected chi connectivity index (χ0v) is 17.4. The molecule has 3 aromatic carbocycles. The van der Waals surface area contributed by atoms with Crippen molar-refractivity contribution in [3.8, 4) is 5.75 Å². The maximum absolute atomic E-state index is 11.6. The van der Waals surface area contributed by atoms with Crippen molar-refractivity contribution in [1.29, 1.82) is 0 Å². The lowest BCUT2D eigenvalue weighted by Crippen LogP contribution is -2.34. The Hall–Kier alpha value is -2.84. The molecule has 0 amide bonds. The monoisotopic (exact) mass is 445 g/mol. The second-order valence-electron chi connectivity index (χ2n) is 7.17. The van der Waals surface area contributed by atoms with Crippen LogP contribution in [0.2, 0.25) is 0 Å². The van der Waals surface area contributed by atoms with Gasteiger partial charge in [0.1, 0.15) is 5.75 Å². The fraction of sp³-hybridized carbons (Fsp3) is 0.217. The molecule has 0 aliphatic carbocycles. The maximum Gasteiger partial charge on any atom is 0.573 e. The number of hydrogen-bond acceptors (Lipinski definition) is 5. The summed E-state index contributed by atoms with van der Waals surface area (Å²) in [4.78, 5) is 5.27. The van der Waals surface area contributed by atoms with Crippen LogP contribution in [0.1, 0.15) is 6.42 Å². The molecule has 0 radical (unpaired) electrons. The van der Waals surface area contributed by atoms with Crippen LogP contribution in [-0.4, -0.2) is 25.5 Å². The van der Waals surface area contributed by atoms with E-state index in [4.69, 9.17) is 5.73 Å². The van der Waals surface area contributed by atoms with Gasteiger partial charge in [0.2, 0.25) is 0 Å². The molecule has 162 valence electrons. The molecule has 2 heterocycles. The molecule has 1 unspecified atom stereocenters. The van der Waals surface area contributed by atoms with Crippen molar-refractivity contribution in [3.63, 3.8) is 0 Å². The van der Waals surface area contributed by atoms with Crippen molar-refractivity contribution < 1.29 is 17.9 Å². The minimum Gasteiger partial charge on any atom is -0.406 e. The number of ether oxygens (including phenoxy) is 1. The number of nitrogens with one attached hydrogen (secondary N) is 1. The Morgan fingerprint density at radius 1 is 0.903 bits per heavy atom. The fourth-order valence-corrected chi connectivity index (χ4v) is 4.73. The van der Waals surface area contributed by atoms with Gasteiger partial charge in [0.15, 0.2) is 0 Å².